The van der Waals surface area contributed by atoms with E-state index in [2.05, 4.69) is 10.6 Å². The molecule has 1 fully saturated rings. The summed E-state index contributed by atoms with van der Waals surface area (Å²) in [4.78, 5) is 26.0. The number of sulfonamides is 1. The highest BCUT2D eigenvalue weighted by atomic mass is 35.5. The number of carbonyl (C=O) groups is 2. The number of hydrogen-bond acceptors (Lipinski definition) is 5. The highest BCUT2D eigenvalue weighted by Crippen LogP contribution is 2.27. The van der Waals surface area contributed by atoms with Gasteiger partial charge >= 0.3 is 0 Å². The van der Waals surface area contributed by atoms with E-state index in [-0.39, 0.29) is 28.2 Å². The van der Waals surface area contributed by atoms with Crippen LogP contribution in [0.25, 0.3) is 0 Å². The van der Waals surface area contributed by atoms with Crippen LogP contribution in [0.5, 0.6) is 0 Å². The number of carbonyl (C=O) groups excluding carboxylic acids is 2. The minimum absolute atomic E-state index is 0.00172. The van der Waals surface area contributed by atoms with Crippen LogP contribution in [0.15, 0.2) is 77.7 Å². The molecule has 8 nitrogen and oxygen atoms in total. The number of benzene rings is 3. The number of aryl methyl sites for hydroxylation is 1. The second kappa shape index (κ2) is 11.8. The number of ether oxygens (including phenoxy) is 1. The molecule has 3 aromatic carbocycles. The second-order valence-electron chi connectivity index (χ2n) is 8.69. The molecule has 0 aliphatic carbocycles. The summed E-state index contributed by atoms with van der Waals surface area (Å²) >= 11 is 5.95. The number of hydrogen-bond donors (Lipinski definition) is 2. The van der Waals surface area contributed by atoms with E-state index in [0.717, 1.165) is 17.1 Å². The molecular weight excluding hydrogens is 514 g/mol. The van der Waals surface area contributed by atoms with Crippen LogP contribution in [0.4, 0.5) is 11.4 Å². The maximum atomic E-state index is 13.6. The molecule has 4 rings (SSSR count). The van der Waals surface area contributed by atoms with Crippen LogP contribution in [0.2, 0.25) is 5.02 Å². The fraction of sp³-hybridized carbons (Fsp3) is 0.259. The van der Waals surface area contributed by atoms with Gasteiger partial charge in [0, 0.05) is 18.2 Å². The van der Waals surface area contributed by atoms with E-state index in [9.17, 15) is 18.0 Å². The lowest BCUT2D eigenvalue weighted by molar-refractivity contribution is -0.114. The quantitative estimate of drug-likeness (QED) is 0.418. The Hall–Kier alpha value is -3.40. The Labute approximate surface area is 221 Å². The summed E-state index contributed by atoms with van der Waals surface area (Å²) in [5.74, 6) is -0.948. The van der Waals surface area contributed by atoms with Gasteiger partial charge in [-0.25, -0.2) is 8.42 Å². The first kappa shape index (κ1) is 26.7. The molecule has 3 aromatic rings. The van der Waals surface area contributed by atoms with Gasteiger partial charge in [0.2, 0.25) is 5.91 Å². The number of rotatable bonds is 9. The molecule has 0 radical (unpaired) electrons. The summed E-state index contributed by atoms with van der Waals surface area (Å²) in [5, 5.41) is 5.96. The van der Waals surface area contributed by atoms with Crippen molar-refractivity contribution < 1.29 is 22.7 Å². The summed E-state index contributed by atoms with van der Waals surface area (Å²) in [6, 6.07) is 19.3. The molecule has 0 bridgehead atoms. The van der Waals surface area contributed by atoms with Crippen molar-refractivity contribution in [2.24, 2.45) is 0 Å². The predicted molar refractivity (Wildman–Crippen MR) is 144 cm³/mol. The maximum absolute atomic E-state index is 13.6. The smallest absolute Gasteiger partial charge is 0.264 e. The standard InChI is InChI=1S/C27H28ClN3O5S/c1-19-7-2-5-11-25(19)31(37(34,35)22-14-12-20(28)13-15-22)18-26(32)30-24-10-4-3-9-23(24)27(33)29-17-21-8-6-16-36-21/h2-5,7,9-15,21H,6,8,16-18H2,1H3,(H,29,33)(H,30,32)/t21-/m1/s1. The van der Waals surface area contributed by atoms with Crippen LogP contribution in [0.1, 0.15) is 28.8 Å². The third-order valence-corrected chi connectivity index (χ3v) is 8.06. The molecule has 2 N–H and O–H groups in total. The largest absolute Gasteiger partial charge is 0.376 e. The molecule has 1 saturated heterocycles. The van der Waals surface area contributed by atoms with E-state index >= 15 is 0 Å². The van der Waals surface area contributed by atoms with Crippen molar-refractivity contribution in [3.63, 3.8) is 0 Å². The van der Waals surface area contributed by atoms with Gasteiger partial charge in [-0.05, 0) is 67.8 Å². The van der Waals surface area contributed by atoms with Gasteiger partial charge in [-0.15, -0.1) is 0 Å². The van der Waals surface area contributed by atoms with E-state index in [1.54, 1.807) is 55.5 Å². The van der Waals surface area contributed by atoms with E-state index in [1.807, 2.05) is 0 Å². The maximum Gasteiger partial charge on any atom is 0.264 e. The first-order valence-electron chi connectivity index (χ1n) is 11.9. The Kier molecular flexibility index (Phi) is 8.48. The number of para-hydroxylation sites is 2. The molecule has 1 heterocycles. The summed E-state index contributed by atoms with van der Waals surface area (Å²) in [5.41, 5.74) is 1.61. The number of nitrogens with zero attached hydrogens (tertiary/aromatic N) is 1. The molecule has 2 amide bonds. The highest BCUT2D eigenvalue weighted by Gasteiger charge is 2.28. The highest BCUT2D eigenvalue weighted by molar-refractivity contribution is 7.92. The summed E-state index contributed by atoms with van der Waals surface area (Å²) in [7, 11) is -4.10. The Balaban J connectivity index is 1.56. The zero-order valence-electron chi connectivity index (χ0n) is 20.3. The van der Waals surface area contributed by atoms with Crippen molar-refractivity contribution in [2.75, 3.05) is 29.3 Å². The van der Waals surface area contributed by atoms with Crippen molar-refractivity contribution in [3.05, 3.63) is 88.9 Å². The number of amides is 2. The Morgan fingerprint density at radius 3 is 2.43 bits per heavy atom. The SMILES string of the molecule is Cc1ccccc1N(CC(=O)Nc1ccccc1C(=O)NC[C@H]1CCCO1)S(=O)(=O)c1ccc(Cl)cc1. The molecular formula is C27H28ClN3O5S. The lowest BCUT2D eigenvalue weighted by atomic mass is 10.1. The van der Waals surface area contributed by atoms with Crippen LogP contribution >= 0.6 is 11.6 Å². The van der Waals surface area contributed by atoms with Crippen LogP contribution in [-0.2, 0) is 19.6 Å². The Bertz CT molecular complexity index is 1370. The molecule has 37 heavy (non-hydrogen) atoms. The van der Waals surface area contributed by atoms with Gasteiger partial charge < -0.3 is 15.4 Å². The zero-order chi connectivity index (χ0) is 26.4. The van der Waals surface area contributed by atoms with Gasteiger partial charge in [-0.2, -0.15) is 0 Å². The first-order valence-corrected chi connectivity index (χ1v) is 13.7. The number of nitrogens with one attached hydrogen (secondary N) is 2. The van der Waals surface area contributed by atoms with Gasteiger partial charge in [0.15, 0.2) is 0 Å². The predicted octanol–water partition coefficient (Wildman–Crippen LogP) is 4.39. The number of halogens is 1. The Morgan fingerprint density at radius 2 is 1.73 bits per heavy atom. The zero-order valence-corrected chi connectivity index (χ0v) is 21.9. The Morgan fingerprint density at radius 1 is 1.03 bits per heavy atom. The van der Waals surface area contributed by atoms with Crippen LogP contribution in [-0.4, -0.2) is 46.0 Å². The van der Waals surface area contributed by atoms with E-state index in [0.29, 0.717) is 29.4 Å². The fourth-order valence-electron chi connectivity index (χ4n) is 4.09. The van der Waals surface area contributed by atoms with Gasteiger partial charge in [-0.1, -0.05) is 41.9 Å². The van der Waals surface area contributed by atoms with E-state index in [4.69, 9.17) is 16.3 Å². The van der Waals surface area contributed by atoms with Gasteiger partial charge in [0.25, 0.3) is 15.9 Å². The minimum atomic E-state index is -4.10. The molecule has 1 aliphatic heterocycles. The second-order valence-corrected chi connectivity index (χ2v) is 11.0. The summed E-state index contributed by atoms with van der Waals surface area (Å²) < 4.78 is 33.8. The topological polar surface area (TPSA) is 105 Å². The number of anilines is 2. The molecule has 194 valence electrons. The monoisotopic (exact) mass is 541 g/mol. The molecule has 1 atom stereocenters. The van der Waals surface area contributed by atoms with Crippen molar-refractivity contribution in [2.45, 2.75) is 30.8 Å². The lowest BCUT2D eigenvalue weighted by Gasteiger charge is -2.25. The van der Waals surface area contributed by atoms with Gasteiger partial charge in [-0.3, -0.25) is 13.9 Å². The van der Waals surface area contributed by atoms with Gasteiger partial charge in [0.1, 0.15) is 6.54 Å². The van der Waals surface area contributed by atoms with Crippen molar-refractivity contribution in [1.29, 1.82) is 0 Å². The van der Waals surface area contributed by atoms with E-state index < -0.39 is 22.5 Å². The van der Waals surface area contributed by atoms with Gasteiger partial charge in [0.05, 0.1) is 27.9 Å². The minimum Gasteiger partial charge on any atom is -0.376 e. The van der Waals surface area contributed by atoms with Crippen LogP contribution in [0, 0.1) is 6.92 Å². The van der Waals surface area contributed by atoms with Crippen LogP contribution < -0.4 is 14.9 Å². The summed E-state index contributed by atoms with van der Waals surface area (Å²) in [6.45, 7) is 2.33. The normalized spacial score (nSPS) is 15.2. The molecule has 0 spiro atoms. The van der Waals surface area contributed by atoms with Crippen LogP contribution in [0.3, 0.4) is 0 Å². The van der Waals surface area contributed by atoms with Crippen molar-refractivity contribution >= 4 is 44.8 Å². The summed E-state index contributed by atoms with van der Waals surface area (Å²) in [6.07, 6.45) is 1.82. The molecule has 0 aromatic heterocycles. The fourth-order valence-corrected chi connectivity index (χ4v) is 5.71. The molecule has 10 heteroatoms. The lowest BCUT2D eigenvalue weighted by Crippen LogP contribution is -2.39. The van der Waals surface area contributed by atoms with Crippen molar-refractivity contribution in [3.8, 4) is 0 Å². The van der Waals surface area contributed by atoms with E-state index in [1.165, 1.54) is 24.3 Å². The molecule has 1 aliphatic rings. The molecule has 0 unspecified atom stereocenters. The third kappa shape index (κ3) is 6.49. The average molecular weight is 542 g/mol. The average Bonchev–Trinajstić information content (AvgIpc) is 3.41. The van der Waals surface area contributed by atoms with Crippen molar-refractivity contribution in [1.82, 2.24) is 5.32 Å². The molecule has 0 saturated carbocycles. The first-order chi connectivity index (χ1) is 17.8. The third-order valence-electron chi connectivity index (χ3n) is 6.03.